The average Bonchev–Trinajstić information content (AvgIpc) is 2.45. The zero-order valence-corrected chi connectivity index (χ0v) is 12.1. The van der Waals surface area contributed by atoms with Crippen molar-refractivity contribution in [2.24, 2.45) is 5.92 Å². The highest BCUT2D eigenvalue weighted by Gasteiger charge is 2.13. The van der Waals surface area contributed by atoms with Gasteiger partial charge in [0, 0.05) is 18.8 Å². The number of aliphatic hydroxyl groups is 1. The first kappa shape index (κ1) is 16.3. The molecule has 1 aromatic carbocycles. The Bertz CT molecular complexity index is 428. The lowest BCUT2D eigenvalue weighted by Crippen LogP contribution is -2.37. The number of likely N-dealkylation sites (N-methyl/N-ethyl adjacent to an activating group) is 1. The molecule has 0 aliphatic heterocycles. The smallest absolute Gasteiger partial charge is 0.119 e. The summed E-state index contributed by atoms with van der Waals surface area (Å²) in [5.74, 6) is 0.645. The van der Waals surface area contributed by atoms with E-state index in [0.717, 1.165) is 6.54 Å². The molecule has 0 spiro atoms. The SMILES string of the molecule is CCN(CC(C)C#N)CC(O)COc1ccc(N)cc1. The molecule has 1 rings (SSSR count). The van der Waals surface area contributed by atoms with Crippen molar-refractivity contribution in [2.75, 3.05) is 32.0 Å². The molecule has 5 heteroatoms. The van der Waals surface area contributed by atoms with Gasteiger partial charge in [0.2, 0.25) is 0 Å². The number of ether oxygens (including phenoxy) is 1. The van der Waals surface area contributed by atoms with Crippen LogP contribution in [0.3, 0.4) is 0 Å². The summed E-state index contributed by atoms with van der Waals surface area (Å²) in [7, 11) is 0. The predicted octanol–water partition coefficient (Wildman–Crippen LogP) is 1.49. The average molecular weight is 277 g/mol. The summed E-state index contributed by atoms with van der Waals surface area (Å²) < 4.78 is 5.50. The fourth-order valence-corrected chi connectivity index (χ4v) is 1.87. The normalized spacial score (nSPS) is 13.8. The number of hydrogen-bond acceptors (Lipinski definition) is 5. The molecule has 1 aromatic rings. The largest absolute Gasteiger partial charge is 0.491 e. The van der Waals surface area contributed by atoms with Gasteiger partial charge in [-0.2, -0.15) is 5.26 Å². The van der Waals surface area contributed by atoms with Crippen molar-refractivity contribution >= 4 is 5.69 Å². The first-order valence-electron chi connectivity index (χ1n) is 6.83. The molecule has 0 aliphatic rings. The van der Waals surface area contributed by atoms with E-state index in [1.165, 1.54) is 0 Å². The van der Waals surface area contributed by atoms with Crippen molar-refractivity contribution in [1.82, 2.24) is 4.90 Å². The van der Waals surface area contributed by atoms with Crippen LogP contribution < -0.4 is 10.5 Å². The number of nitrogen functional groups attached to an aromatic ring is 1. The highest BCUT2D eigenvalue weighted by atomic mass is 16.5. The Balaban J connectivity index is 2.36. The van der Waals surface area contributed by atoms with E-state index in [2.05, 4.69) is 6.07 Å². The Kier molecular flexibility index (Phi) is 6.85. The first-order valence-corrected chi connectivity index (χ1v) is 6.83. The number of rotatable bonds is 8. The summed E-state index contributed by atoms with van der Waals surface area (Å²) in [6, 6.07) is 9.27. The third-order valence-corrected chi connectivity index (χ3v) is 2.99. The van der Waals surface area contributed by atoms with E-state index < -0.39 is 6.10 Å². The Morgan fingerprint density at radius 1 is 1.35 bits per heavy atom. The number of nitrogens with two attached hydrogens (primary N) is 1. The third kappa shape index (κ3) is 5.91. The maximum Gasteiger partial charge on any atom is 0.119 e. The standard InChI is InChI=1S/C15H23N3O2/c1-3-18(9-12(2)8-16)10-14(19)11-20-15-6-4-13(17)5-7-15/h4-7,12,14,19H,3,9-11,17H2,1-2H3. The van der Waals surface area contributed by atoms with Crippen LogP contribution in [-0.2, 0) is 0 Å². The zero-order valence-electron chi connectivity index (χ0n) is 12.1. The van der Waals surface area contributed by atoms with Gasteiger partial charge in [-0.3, -0.25) is 4.90 Å². The van der Waals surface area contributed by atoms with Crippen LogP contribution in [0, 0.1) is 17.2 Å². The van der Waals surface area contributed by atoms with Crippen LogP contribution in [0.25, 0.3) is 0 Å². The van der Waals surface area contributed by atoms with Crippen molar-refractivity contribution in [1.29, 1.82) is 5.26 Å². The van der Waals surface area contributed by atoms with Gasteiger partial charge in [0.05, 0.1) is 12.0 Å². The minimum absolute atomic E-state index is 0.0415. The lowest BCUT2D eigenvalue weighted by atomic mass is 10.2. The molecule has 0 aromatic heterocycles. The Morgan fingerprint density at radius 2 is 2.00 bits per heavy atom. The Morgan fingerprint density at radius 3 is 2.55 bits per heavy atom. The van der Waals surface area contributed by atoms with Crippen molar-refractivity contribution in [3.8, 4) is 11.8 Å². The Hall–Kier alpha value is -1.77. The number of aliphatic hydroxyl groups excluding tert-OH is 1. The molecule has 0 radical (unpaired) electrons. The van der Waals surface area contributed by atoms with Crippen LogP contribution in [0.2, 0.25) is 0 Å². The van der Waals surface area contributed by atoms with Crippen LogP contribution in [0.1, 0.15) is 13.8 Å². The van der Waals surface area contributed by atoms with Gasteiger partial charge in [0.25, 0.3) is 0 Å². The number of benzene rings is 1. The molecular formula is C15H23N3O2. The lowest BCUT2D eigenvalue weighted by Gasteiger charge is -2.24. The minimum Gasteiger partial charge on any atom is -0.491 e. The Labute approximate surface area is 120 Å². The van der Waals surface area contributed by atoms with Gasteiger partial charge in [-0.25, -0.2) is 0 Å². The predicted molar refractivity (Wildman–Crippen MR) is 79.2 cm³/mol. The van der Waals surface area contributed by atoms with E-state index in [4.69, 9.17) is 15.7 Å². The number of nitrogens with zero attached hydrogens (tertiary/aromatic N) is 2. The highest BCUT2D eigenvalue weighted by molar-refractivity contribution is 5.41. The molecule has 0 heterocycles. The van der Waals surface area contributed by atoms with Gasteiger partial charge in [0.15, 0.2) is 0 Å². The second-order valence-electron chi connectivity index (χ2n) is 4.92. The molecule has 0 saturated heterocycles. The molecule has 5 nitrogen and oxygen atoms in total. The van der Waals surface area contributed by atoms with E-state index in [1.807, 2.05) is 18.7 Å². The van der Waals surface area contributed by atoms with Crippen molar-refractivity contribution in [2.45, 2.75) is 20.0 Å². The molecule has 110 valence electrons. The monoisotopic (exact) mass is 277 g/mol. The van der Waals surface area contributed by atoms with Crippen molar-refractivity contribution in [3.05, 3.63) is 24.3 Å². The summed E-state index contributed by atoms with van der Waals surface area (Å²) in [4.78, 5) is 2.05. The van der Waals surface area contributed by atoms with Crippen LogP contribution in [0.15, 0.2) is 24.3 Å². The van der Waals surface area contributed by atoms with E-state index in [-0.39, 0.29) is 12.5 Å². The summed E-state index contributed by atoms with van der Waals surface area (Å²) in [5, 5.41) is 18.8. The molecule has 0 bridgehead atoms. The van der Waals surface area contributed by atoms with Crippen LogP contribution in [0.4, 0.5) is 5.69 Å². The van der Waals surface area contributed by atoms with E-state index in [9.17, 15) is 5.11 Å². The molecular weight excluding hydrogens is 254 g/mol. The maximum absolute atomic E-state index is 9.98. The van der Waals surface area contributed by atoms with E-state index in [0.29, 0.717) is 24.5 Å². The summed E-state index contributed by atoms with van der Waals surface area (Å²) in [6.45, 7) is 6.06. The van der Waals surface area contributed by atoms with E-state index >= 15 is 0 Å². The van der Waals surface area contributed by atoms with Gasteiger partial charge >= 0.3 is 0 Å². The summed E-state index contributed by atoms with van der Waals surface area (Å²) in [6.07, 6.45) is -0.585. The number of nitriles is 1. The zero-order chi connectivity index (χ0) is 15.0. The fraction of sp³-hybridized carbons (Fsp3) is 0.533. The molecule has 0 saturated carbocycles. The molecule has 0 amide bonds. The molecule has 0 aliphatic carbocycles. The summed E-state index contributed by atoms with van der Waals surface area (Å²) >= 11 is 0. The second-order valence-corrected chi connectivity index (χ2v) is 4.92. The topological polar surface area (TPSA) is 82.5 Å². The van der Waals surface area contributed by atoms with Crippen LogP contribution in [0.5, 0.6) is 5.75 Å². The van der Waals surface area contributed by atoms with Gasteiger partial charge in [-0.05, 0) is 37.7 Å². The highest BCUT2D eigenvalue weighted by Crippen LogP contribution is 2.13. The molecule has 2 unspecified atom stereocenters. The molecule has 0 fully saturated rings. The molecule has 3 N–H and O–H groups in total. The third-order valence-electron chi connectivity index (χ3n) is 2.99. The van der Waals surface area contributed by atoms with Crippen molar-refractivity contribution < 1.29 is 9.84 Å². The number of anilines is 1. The minimum atomic E-state index is -0.585. The number of hydrogen-bond donors (Lipinski definition) is 2. The van der Waals surface area contributed by atoms with Gasteiger partial charge in [-0.15, -0.1) is 0 Å². The molecule has 2 atom stereocenters. The first-order chi connectivity index (χ1) is 9.55. The second kappa shape index (κ2) is 8.41. The lowest BCUT2D eigenvalue weighted by molar-refractivity contribution is 0.0675. The quantitative estimate of drug-likeness (QED) is 0.703. The van der Waals surface area contributed by atoms with Crippen LogP contribution >= 0.6 is 0 Å². The van der Waals surface area contributed by atoms with E-state index in [1.54, 1.807) is 24.3 Å². The van der Waals surface area contributed by atoms with Gasteiger partial charge in [-0.1, -0.05) is 6.92 Å². The summed E-state index contributed by atoms with van der Waals surface area (Å²) in [5.41, 5.74) is 6.27. The fourth-order valence-electron chi connectivity index (χ4n) is 1.87. The van der Waals surface area contributed by atoms with Gasteiger partial charge < -0.3 is 15.6 Å². The molecule has 20 heavy (non-hydrogen) atoms. The van der Waals surface area contributed by atoms with Crippen LogP contribution in [-0.4, -0.2) is 42.4 Å². The van der Waals surface area contributed by atoms with Crippen molar-refractivity contribution in [3.63, 3.8) is 0 Å². The maximum atomic E-state index is 9.98. The van der Waals surface area contributed by atoms with Gasteiger partial charge in [0.1, 0.15) is 18.5 Å².